The van der Waals surface area contributed by atoms with Crippen molar-refractivity contribution in [2.24, 2.45) is 0 Å². The molecule has 0 spiro atoms. The molecule has 1 amide bonds. The van der Waals surface area contributed by atoms with Crippen molar-refractivity contribution in [3.05, 3.63) is 65.2 Å². The second kappa shape index (κ2) is 9.96. The van der Waals surface area contributed by atoms with Crippen LogP contribution in [0.5, 0.6) is 5.75 Å². The van der Waals surface area contributed by atoms with E-state index in [1.807, 2.05) is 19.0 Å². The zero-order valence-corrected chi connectivity index (χ0v) is 20.7. The molecular formula is C24H29N3O6S. The highest BCUT2D eigenvalue weighted by Crippen LogP contribution is 2.39. The molecule has 0 saturated carbocycles. The third kappa shape index (κ3) is 4.84. The number of ketones is 1. The summed E-state index contributed by atoms with van der Waals surface area (Å²) in [5.41, 5.74) is 0.839. The molecule has 34 heavy (non-hydrogen) atoms. The van der Waals surface area contributed by atoms with Gasteiger partial charge in [0.25, 0.3) is 11.7 Å². The molecule has 1 fully saturated rings. The van der Waals surface area contributed by atoms with E-state index in [-0.39, 0.29) is 28.3 Å². The molecular weight excluding hydrogens is 458 g/mol. The number of carbonyl (C=O) groups is 2. The third-order valence-corrected chi connectivity index (χ3v) is 7.50. The zero-order chi connectivity index (χ0) is 25.2. The minimum Gasteiger partial charge on any atom is -0.507 e. The van der Waals surface area contributed by atoms with Gasteiger partial charge in [-0.15, -0.1) is 0 Å². The van der Waals surface area contributed by atoms with Gasteiger partial charge in [-0.05, 0) is 56.1 Å². The number of hydrogen-bond acceptors (Lipinski definition) is 7. The van der Waals surface area contributed by atoms with Crippen LogP contribution >= 0.6 is 0 Å². The second-order valence-electron chi connectivity index (χ2n) is 8.38. The number of methoxy groups -OCH3 is 1. The number of hydrogen-bond donors (Lipinski definition) is 1. The summed E-state index contributed by atoms with van der Waals surface area (Å²) in [7, 11) is 4.46. The Morgan fingerprint density at radius 2 is 1.59 bits per heavy atom. The lowest BCUT2D eigenvalue weighted by molar-refractivity contribution is -0.140. The Morgan fingerprint density at radius 3 is 2.09 bits per heavy atom. The fourth-order valence-corrected chi connectivity index (χ4v) is 4.60. The molecule has 2 aromatic carbocycles. The van der Waals surface area contributed by atoms with E-state index >= 15 is 0 Å². The molecule has 0 radical (unpaired) electrons. The number of aliphatic hydroxyl groups is 1. The van der Waals surface area contributed by atoms with Crippen molar-refractivity contribution in [1.29, 1.82) is 0 Å². The van der Waals surface area contributed by atoms with E-state index in [9.17, 15) is 23.1 Å². The molecule has 0 unspecified atom stereocenters. The first kappa shape index (κ1) is 25.4. The van der Waals surface area contributed by atoms with E-state index in [0.717, 1.165) is 4.31 Å². The van der Waals surface area contributed by atoms with E-state index in [0.29, 0.717) is 17.9 Å². The largest absolute Gasteiger partial charge is 0.507 e. The van der Waals surface area contributed by atoms with Crippen LogP contribution in [0, 0.1) is 0 Å². The van der Waals surface area contributed by atoms with Crippen LogP contribution in [0.2, 0.25) is 0 Å². The highest BCUT2D eigenvalue weighted by atomic mass is 32.2. The van der Waals surface area contributed by atoms with Gasteiger partial charge in [-0.25, -0.2) is 12.7 Å². The summed E-state index contributed by atoms with van der Waals surface area (Å²) in [5, 5.41) is 11.1. The molecule has 1 aliphatic rings. The molecule has 1 aliphatic heterocycles. The van der Waals surface area contributed by atoms with E-state index in [4.69, 9.17) is 4.74 Å². The minimum absolute atomic E-state index is 0.0443. The van der Waals surface area contributed by atoms with Gasteiger partial charge in [0.15, 0.2) is 0 Å². The maximum Gasteiger partial charge on any atom is 0.295 e. The molecule has 1 N–H and O–H groups in total. The lowest BCUT2D eigenvalue weighted by Gasteiger charge is -2.26. The predicted octanol–water partition coefficient (Wildman–Crippen LogP) is 1.93. The molecule has 1 heterocycles. The molecule has 3 rings (SSSR count). The standard InChI is InChI=1S/C24H29N3O6S/c1-25(2)14-15-27-21(16-6-10-18(33-5)11-7-16)20(23(29)24(27)30)22(28)17-8-12-19(13-9-17)34(31,32)26(3)4/h6-13,21,28H,14-15H2,1-5H3/t21-/m0/s1. The molecule has 2 aromatic rings. The van der Waals surface area contributed by atoms with Crippen LogP contribution in [0.3, 0.4) is 0 Å². The molecule has 1 saturated heterocycles. The molecule has 0 aromatic heterocycles. The summed E-state index contributed by atoms with van der Waals surface area (Å²) in [6, 6.07) is 11.7. The number of carbonyl (C=O) groups excluding carboxylic acids is 2. The Bertz CT molecular complexity index is 1200. The van der Waals surface area contributed by atoms with Crippen molar-refractivity contribution in [3.8, 4) is 5.75 Å². The first-order valence-electron chi connectivity index (χ1n) is 10.6. The van der Waals surface area contributed by atoms with Crippen molar-refractivity contribution in [2.45, 2.75) is 10.9 Å². The van der Waals surface area contributed by atoms with Gasteiger partial charge in [-0.1, -0.05) is 12.1 Å². The average Bonchev–Trinajstić information content (AvgIpc) is 3.07. The zero-order valence-electron chi connectivity index (χ0n) is 19.8. The molecule has 0 bridgehead atoms. The number of sulfonamides is 1. The SMILES string of the molecule is COc1ccc([C@H]2C(=C(O)c3ccc(S(=O)(=O)N(C)C)cc3)C(=O)C(=O)N2CCN(C)C)cc1. The Balaban J connectivity index is 2.11. The third-order valence-electron chi connectivity index (χ3n) is 5.67. The molecule has 1 atom stereocenters. The van der Waals surface area contributed by atoms with Crippen molar-refractivity contribution in [3.63, 3.8) is 0 Å². The van der Waals surface area contributed by atoms with Gasteiger partial charge in [0.1, 0.15) is 11.5 Å². The number of Topliss-reactive ketones (excluding diaryl/α,β-unsaturated/α-hetero) is 1. The number of amides is 1. The van der Waals surface area contributed by atoms with Crippen LogP contribution in [0.25, 0.3) is 5.76 Å². The highest BCUT2D eigenvalue weighted by molar-refractivity contribution is 7.89. The number of ether oxygens (including phenoxy) is 1. The van der Waals surface area contributed by atoms with Gasteiger partial charge < -0.3 is 19.6 Å². The van der Waals surface area contributed by atoms with Gasteiger partial charge >= 0.3 is 0 Å². The Labute approximate surface area is 199 Å². The maximum atomic E-state index is 13.0. The van der Waals surface area contributed by atoms with E-state index in [2.05, 4.69) is 0 Å². The second-order valence-corrected chi connectivity index (χ2v) is 10.5. The summed E-state index contributed by atoms with van der Waals surface area (Å²) < 4.78 is 31.0. The number of likely N-dealkylation sites (tertiary alicyclic amines) is 1. The van der Waals surface area contributed by atoms with Crippen molar-refractivity contribution >= 4 is 27.5 Å². The van der Waals surface area contributed by atoms with Crippen LogP contribution in [-0.4, -0.2) is 87.7 Å². The van der Waals surface area contributed by atoms with Gasteiger partial charge in [0, 0.05) is 32.7 Å². The lowest BCUT2D eigenvalue weighted by Crippen LogP contribution is -2.35. The van der Waals surface area contributed by atoms with Crippen LogP contribution in [0.4, 0.5) is 0 Å². The van der Waals surface area contributed by atoms with Crippen molar-refractivity contribution < 1.29 is 27.9 Å². The van der Waals surface area contributed by atoms with Gasteiger partial charge in [0.05, 0.1) is 23.6 Å². The van der Waals surface area contributed by atoms with Crippen molar-refractivity contribution in [2.75, 3.05) is 48.4 Å². The quantitative estimate of drug-likeness (QED) is 0.344. The average molecular weight is 488 g/mol. The molecule has 9 nitrogen and oxygen atoms in total. The Hall–Kier alpha value is -3.21. The summed E-state index contributed by atoms with van der Waals surface area (Å²) in [5.74, 6) is -1.23. The monoisotopic (exact) mass is 487 g/mol. The normalized spacial score (nSPS) is 18.2. The fourth-order valence-electron chi connectivity index (χ4n) is 3.70. The van der Waals surface area contributed by atoms with E-state index < -0.39 is 27.8 Å². The van der Waals surface area contributed by atoms with Crippen LogP contribution in [0.15, 0.2) is 59.0 Å². The van der Waals surface area contributed by atoms with E-state index in [1.165, 1.54) is 43.3 Å². The Morgan fingerprint density at radius 1 is 1.00 bits per heavy atom. The lowest BCUT2D eigenvalue weighted by atomic mass is 9.95. The van der Waals surface area contributed by atoms with Crippen LogP contribution in [-0.2, 0) is 19.6 Å². The molecule has 10 heteroatoms. The number of aliphatic hydroxyl groups excluding tert-OH is 1. The molecule has 0 aliphatic carbocycles. The van der Waals surface area contributed by atoms with E-state index in [1.54, 1.807) is 31.4 Å². The van der Waals surface area contributed by atoms with Crippen molar-refractivity contribution in [1.82, 2.24) is 14.1 Å². The number of likely N-dealkylation sites (N-methyl/N-ethyl adjacent to an activating group) is 1. The Kier molecular flexibility index (Phi) is 7.44. The highest BCUT2D eigenvalue weighted by Gasteiger charge is 2.45. The summed E-state index contributed by atoms with van der Waals surface area (Å²) in [6.07, 6.45) is 0. The van der Waals surface area contributed by atoms with Gasteiger partial charge in [-0.2, -0.15) is 0 Å². The number of benzene rings is 2. The fraction of sp³-hybridized carbons (Fsp3) is 0.333. The topological polar surface area (TPSA) is 107 Å². The molecule has 182 valence electrons. The summed E-state index contributed by atoms with van der Waals surface area (Å²) in [4.78, 5) is 29.4. The van der Waals surface area contributed by atoms with Gasteiger partial charge in [0.2, 0.25) is 10.0 Å². The minimum atomic E-state index is -3.65. The number of rotatable bonds is 8. The first-order chi connectivity index (χ1) is 16.0. The van der Waals surface area contributed by atoms with Gasteiger partial charge in [-0.3, -0.25) is 9.59 Å². The smallest absolute Gasteiger partial charge is 0.295 e. The predicted molar refractivity (Wildman–Crippen MR) is 128 cm³/mol. The summed E-state index contributed by atoms with van der Waals surface area (Å²) in [6.45, 7) is 0.807. The summed E-state index contributed by atoms with van der Waals surface area (Å²) >= 11 is 0. The van der Waals surface area contributed by atoms with Crippen LogP contribution < -0.4 is 4.74 Å². The maximum absolute atomic E-state index is 13.0. The number of nitrogens with zero attached hydrogens (tertiary/aromatic N) is 3. The first-order valence-corrected chi connectivity index (χ1v) is 12.0. The van der Waals surface area contributed by atoms with Crippen LogP contribution in [0.1, 0.15) is 17.2 Å².